The van der Waals surface area contributed by atoms with Crippen molar-refractivity contribution in [2.24, 2.45) is 11.8 Å². The number of carbonyl (C=O) groups is 4. The highest BCUT2D eigenvalue weighted by Crippen LogP contribution is 2.29. The highest BCUT2D eigenvalue weighted by atomic mass is 35.5. The number of carbonyl (C=O) groups excluding carboxylic acids is 4. The van der Waals surface area contributed by atoms with Gasteiger partial charge in [0.1, 0.15) is 5.60 Å². The smallest absolute Gasteiger partial charge is 0.417 e. The van der Waals surface area contributed by atoms with E-state index in [4.69, 9.17) is 37.4 Å². The first-order valence-electron chi connectivity index (χ1n) is 14.0. The molecule has 0 aromatic heterocycles. The average molecular weight is 621 g/mol. The van der Waals surface area contributed by atoms with E-state index in [2.05, 4.69) is 0 Å². The summed E-state index contributed by atoms with van der Waals surface area (Å²) in [6, 6.07) is 14.9. The first-order valence-corrected chi connectivity index (χ1v) is 14.8. The Labute approximate surface area is 257 Å². The molecule has 2 heterocycles. The Morgan fingerprint density at radius 1 is 0.952 bits per heavy atom. The zero-order chi connectivity index (χ0) is 31.2. The van der Waals surface area contributed by atoms with Gasteiger partial charge >= 0.3 is 18.0 Å². The molecule has 0 aliphatic carbocycles. The Kier molecular flexibility index (Phi) is 11.1. The molecular weight excluding hydrogens is 581 g/mol. The maximum atomic E-state index is 12.2. The molecule has 2 aromatic rings. The van der Waals surface area contributed by atoms with Gasteiger partial charge < -0.3 is 14.2 Å². The number of imide groups is 1. The van der Waals surface area contributed by atoms with Crippen molar-refractivity contribution in [3.8, 4) is 0 Å². The third kappa shape index (κ3) is 10.0. The Hall–Kier alpha value is -3.10. The van der Waals surface area contributed by atoms with E-state index in [9.17, 15) is 19.2 Å². The van der Waals surface area contributed by atoms with E-state index < -0.39 is 35.3 Å². The van der Waals surface area contributed by atoms with Crippen molar-refractivity contribution in [1.29, 1.82) is 0 Å². The number of nitrogens with zero attached hydrogens (tertiary/aromatic N) is 1. The number of cyclic esters (lactones) is 2. The van der Waals surface area contributed by atoms with Crippen LogP contribution in [0.25, 0.3) is 0 Å². The second-order valence-electron chi connectivity index (χ2n) is 12.2. The molecule has 1 unspecified atom stereocenters. The SMILES string of the molecule is CC(C)(C)OC(=O)N1C(=O)CC[C@@H]1Cc1ccc(Cl)cc1.CC(Cc1ccc(Cl)cc1)CC1C(=O)OC(C)(C)OC1=O. The first kappa shape index (κ1) is 33.4. The molecule has 42 heavy (non-hydrogen) atoms. The summed E-state index contributed by atoms with van der Waals surface area (Å²) in [7, 11) is 0. The normalized spacial score (nSPS) is 19.4. The fourth-order valence-corrected chi connectivity index (χ4v) is 5.09. The first-order chi connectivity index (χ1) is 19.5. The molecule has 0 spiro atoms. The summed E-state index contributed by atoms with van der Waals surface area (Å²) in [6.07, 6.45) is 2.30. The minimum absolute atomic E-state index is 0.145. The van der Waals surface area contributed by atoms with Gasteiger partial charge in [-0.05, 0) is 87.8 Å². The van der Waals surface area contributed by atoms with Gasteiger partial charge in [-0.2, -0.15) is 0 Å². The molecule has 2 aliphatic heterocycles. The maximum absolute atomic E-state index is 12.2. The lowest BCUT2D eigenvalue weighted by Gasteiger charge is -2.33. The topological polar surface area (TPSA) is 99.2 Å². The Bertz CT molecular complexity index is 1250. The van der Waals surface area contributed by atoms with Crippen LogP contribution in [0.15, 0.2) is 48.5 Å². The van der Waals surface area contributed by atoms with E-state index in [0.717, 1.165) is 17.5 Å². The Morgan fingerprint density at radius 3 is 1.95 bits per heavy atom. The monoisotopic (exact) mass is 619 g/mol. The van der Waals surface area contributed by atoms with Crippen LogP contribution in [0.1, 0.15) is 71.9 Å². The van der Waals surface area contributed by atoms with Crippen molar-refractivity contribution >= 4 is 47.1 Å². The number of esters is 2. The number of ether oxygens (including phenoxy) is 3. The van der Waals surface area contributed by atoms with Crippen molar-refractivity contribution in [2.75, 3.05) is 0 Å². The molecule has 0 radical (unpaired) electrons. The lowest BCUT2D eigenvalue weighted by molar-refractivity contribution is -0.240. The number of halogens is 2. The second-order valence-corrected chi connectivity index (χ2v) is 13.1. The number of benzene rings is 2. The molecule has 0 bridgehead atoms. The van der Waals surface area contributed by atoms with Gasteiger partial charge in [0, 0.05) is 36.4 Å². The van der Waals surface area contributed by atoms with Gasteiger partial charge in [0.15, 0.2) is 5.92 Å². The Balaban J connectivity index is 0.000000230. The fourth-order valence-electron chi connectivity index (χ4n) is 4.84. The second kappa shape index (κ2) is 13.9. The lowest BCUT2D eigenvalue weighted by atomic mass is 9.90. The molecule has 0 saturated carbocycles. The highest BCUT2D eigenvalue weighted by Gasteiger charge is 2.43. The van der Waals surface area contributed by atoms with E-state index in [1.807, 2.05) is 55.5 Å². The standard InChI is InChI=1S/C16H20ClNO3.C16H19ClO4/c1-16(2,3)21-15(20)18-13(8-9-14(18)19)10-11-4-6-12(17)7-5-11;1-10(8-11-4-6-12(17)7-5-11)9-13-14(18)20-16(2,3)21-15(13)19/h4-7,13H,8-10H2,1-3H3;4-7,10,13H,8-9H2,1-3H3/t13-;/m1./s1. The minimum atomic E-state index is -1.16. The van der Waals surface area contributed by atoms with Gasteiger partial charge in [0.25, 0.3) is 5.79 Å². The maximum Gasteiger partial charge on any atom is 0.417 e. The summed E-state index contributed by atoms with van der Waals surface area (Å²) < 4.78 is 15.6. The third-order valence-corrected chi connectivity index (χ3v) is 7.20. The highest BCUT2D eigenvalue weighted by molar-refractivity contribution is 6.30. The molecule has 2 saturated heterocycles. The van der Waals surface area contributed by atoms with E-state index >= 15 is 0 Å². The van der Waals surface area contributed by atoms with Crippen LogP contribution in [0.3, 0.4) is 0 Å². The van der Waals surface area contributed by atoms with Crippen LogP contribution < -0.4 is 0 Å². The van der Waals surface area contributed by atoms with Crippen LogP contribution >= 0.6 is 23.2 Å². The average Bonchev–Trinajstić information content (AvgIpc) is 3.23. The van der Waals surface area contributed by atoms with Crippen LogP contribution in [0.5, 0.6) is 0 Å². The molecule has 2 atom stereocenters. The third-order valence-electron chi connectivity index (χ3n) is 6.70. The number of amides is 2. The van der Waals surface area contributed by atoms with Gasteiger partial charge in [-0.15, -0.1) is 0 Å². The van der Waals surface area contributed by atoms with Crippen molar-refractivity contribution in [3.63, 3.8) is 0 Å². The van der Waals surface area contributed by atoms with Gasteiger partial charge in [0.2, 0.25) is 5.91 Å². The molecule has 2 aromatic carbocycles. The van der Waals surface area contributed by atoms with Crippen molar-refractivity contribution in [3.05, 3.63) is 69.7 Å². The van der Waals surface area contributed by atoms with Gasteiger partial charge in [-0.3, -0.25) is 14.4 Å². The van der Waals surface area contributed by atoms with Crippen LogP contribution in [0.4, 0.5) is 4.79 Å². The zero-order valence-electron chi connectivity index (χ0n) is 24.9. The van der Waals surface area contributed by atoms with Crippen molar-refractivity contribution in [1.82, 2.24) is 4.90 Å². The van der Waals surface area contributed by atoms with Crippen LogP contribution in [0, 0.1) is 11.8 Å². The molecule has 228 valence electrons. The summed E-state index contributed by atoms with van der Waals surface area (Å²) in [4.78, 5) is 49.2. The van der Waals surface area contributed by atoms with Crippen LogP contribution in [-0.4, -0.2) is 46.3 Å². The summed E-state index contributed by atoms with van der Waals surface area (Å²) in [6.45, 7) is 10.5. The molecule has 8 nitrogen and oxygen atoms in total. The van der Waals surface area contributed by atoms with Crippen molar-refractivity contribution in [2.45, 2.75) is 91.1 Å². The van der Waals surface area contributed by atoms with E-state index in [0.29, 0.717) is 35.7 Å². The molecule has 4 rings (SSSR count). The van der Waals surface area contributed by atoms with E-state index in [1.165, 1.54) is 4.90 Å². The largest absolute Gasteiger partial charge is 0.443 e. The number of hydrogen-bond donors (Lipinski definition) is 0. The minimum Gasteiger partial charge on any atom is -0.443 e. The van der Waals surface area contributed by atoms with Crippen molar-refractivity contribution < 1.29 is 33.4 Å². The van der Waals surface area contributed by atoms with Crippen LogP contribution in [0.2, 0.25) is 10.0 Å². The molecular formula is C32H39Cl2NO7. The predicted octanol–water partition coefficient (Wildman–Crippen LogP) is 7.17. The quantitative estimate of drug-likeness (QED) is 0.249. The summed E-state index contributed by atoms with van der Waals surface area (Å²) >= 11 is 11.7. The molecule has 2 fully saturated rings. The van der Waals surface area contributed by atoms with Crippen LogP contribution in [-0.2, 0) is 41.4 Å². The van der Waals surface area contributed by atoms with E-state index in [1.54, 1.807) is 34.6 Å². The molecule has 2 aliphatic rings. The number of likely N-dealkylation sites (tertiary alicyclic amines) is 1. The summed E-state index contributed by atoms with van der Waals surface area (Å²) in [5.41, 5.74) is 1.56. The Morgan fingerprint density at radius 2 is 1.45 bits per heavy atom. The molecule has 2 amide bonds. The van der Waals surface area contributed by atoms with Gasteiger partial charge in [-0.1, -0.05) is 54.4 Å². The van der Waals surface area contributed by atoms with Gasteiger partial charge in [-0.25, -0.2) is 9.69 Å². The predicted molar refractivity (Wildman–Crippen MR) is 160 cm³/mol. The zero-order valence-corrected chi connectivity index (χ0v) is 26.5. The lowest BCUT2D eigenvalue weighted by Crippen LogP contribution is -2.46. The summed E-state index contributed by atoms with van der Waals surface area (Å²) in [5.74, 6) is -3.01. The molecule has 0 N–H and O–H groups in total. The van der Waals surface area contributed by atoms with E-state index in [-0.39, 0.29) is 17.9 Å². The summed E-state index contributed by atoms with van der Waals surface area (Å²) in [5, 5.41) is 1.36. The van der Waals surface area contributed by atoms with Gasteiger partial charge in [0.05, 0.1) is 0 Å². The number of hydrogen-bond acceptors (Lipinski definition) is 7. The fraction of sp³-hybridized carbons (Fsp3) is 0.500. The number of rotatable bonds is 6. The molecule has 10 heteroatoms.